The Morgan fingerprint density at radius 3 is 2.39 bits per heavy atom. The van der Waals surface area contributed by atoms with Crippen molar-refractivity contribution in [2.75, 3.05) is 19.6 Å². The molecular formula is C12H25IN4O. The van der Waals surface area contributed by atoms with Crippen LogP contribution in [0.1, 0.15) is 27.7 Å². The van der Waals surface area contributed by atoms with E-state index in [1.54, 1.807) is 6.08 Å². The Kier molecular flexibility index (Phi) is 11.0. The zero-order valence-corrected chi connectivity index (χ0v) is 14.0. The predicted molar refractivity (Wildman–Crippen MR) is 87.5 cm³/mol. The van der Waals surface area contributed by atoms with Crippen LogP contribution in [-0.2, 0) is 4.79 Å². The largest absolute Gasteiger partial charge is 0.357 e. The van der Waals surface area contributed by atoms with Gasteiger partial charge in [0.2, 0.25) is 5.91 Å². The van der Waals surface area contributed by atoms with Gasteiger partial charge in [0.1, 0.15) is 6.54 Å². The minimum Gasteiger partial charge on any atom is -0.357 e. The van der Waals surface area contributed by atoms with Crippen molar-refractivity contribution in [1.82, 2.24) is 16.0 Å². The van der Waals surface area contributed by atoms with Crippen LogP contribution in [0.5, 0.6) is 0 Å². The van der Waals surface area contributed by atoms with E-state index in [0.29, 0.717) is 12.5 Å². The van der Waals surface area contributed by atoms with Crippen LogP contribution < -0.4 is 16.0 Å². The first-order chi connectivity index (χ1) is 7.89. The molecule has 0 bridgehead atoms. The first kappa shape index (κ1) is 19.5. The smallest absolute Gasteiger partial charge is 0.242 e. The molecule has 1 amide bonds. The highest BCUT2D eigenvalue weighted by Gasteiger charge is 2.12. The van der Waals surface area contributed by atoms with E-state index in [0.717, 1.165) is 6.54 Å². The molecule has 5 nitrogen and oxygen atoms in total. The summed E-state index contributed by atoms with van der Waals surface area (Å²) >= 11 is 0. The van der Waals surface area contributed by atoms with E-state index in [-0.39, 0.29) is 42.0 Å². The SMILES string of the molecule is C=CCNC(=NCC(=O)NC(C)(C)C)NCC.I. The second-order valence-corrected chi connectivity index (χ2v) is 4.66. The van der Waals surface area contributed by atoms with E-state index in [1.807, 2.05) is 27.7 Å². The van der Waals surface area contributed by atoms with E-state index >= 15 is 0 Å². The Bertz CT molecular complexity index is 284. The number of amides is 1. The molecule has 6 heteroatoms. The molecule has 0 saturated carbocycles. The summed E-state index contributed by atoms with van der Waals surface area (Å²) in [6.07, 6.45) is 1.74. The van der Waals surface area contributed by atoms with Crippen LogP contribution in [0.3, 0.4) is 0 Å². The molecule has 0 aliphatic rings. The van der Waals surface area contributed by atoms with Gasteiger partial charge in [-0.05, 0) is 27.7 Å². The monoisotopic (exact) mass is 368 g/mol. The Morgan fingerprint density at radius 2 is 1.94 bits per heavy atom. The van der Waals surface area contributed by atoms with E-state index in [9.17, 15) is 4.79 Å². The topological polar surface area (TPSA) is 65.5 Å². The number of halogens is 1. The first-order valence-corrected chi connectivity index (χ1v) is 5.83. The zero-order chi connectivity index (χ0) is 13.3. The van der Waals surface area contributed by atoms with E-state index in [1.165, 1.54) is 0 Å². The number of guanidine groups is 1. The molecule has 0 aliphatic heterocycles. The molecule has 0 unspecified atom stereocenters. The molecular weight excluding hydrogens is 343 g/mol. The molecule has 0 rings (SSSR count). The van der Waals surface area contributed by atoms with Crippen molar-refractivity contribution in [3.8, 4) is 0 Å². The van der Waals surface area contributed by atoms with Crippen molar-refractivity contribution in [3.63, 3.8) is 0 Å². The van der Waals surface area contributed by atoms with Crippen molar-refractivity contribution < 1.29 is 4.79 Å². The van der Waals surface area contributed by atoms with Crippen LogP contribution in [0.2, 0.25) is 0 Å². The molecule has 18 heavy (non-hydrogen) atoms. The van der Waals surface area contributed by atoms with Crippen molar-refractivity contribution in [3.05, 3.63) is 12.7 Å². The van der Waals surface area contributed by atoms with Gasteiger partial charge in [-0.15, -0.1) is 30.6 Å². The van der Waals surface area contributed by atoms with Gasteiger partial charge in [0, 0.05) is 18.6 Å². The lowest BCUT2D eigenvalue weighted by molar-refractivity contribution is -0.121. The van der Waals surface area contributed by atoms with E-state index in [2.05, 4.69) is 27.5 Å². The number of carbonyl (C=O) groups is 1. The third-order valence-corrected chi connectivity index (χ3v) is 1.65. The number of carbonyl (C=O) groups excluding carboxylic acids is 1. The molecule has 0 aromatic heterocycles. The summed E-state index contributed by atoms with van der Waals surface area (Å²) in [6, 6.07) is 0. The Balaban J connectivity index is 0. The second kappa shape index (κ2) is 10.2. The number of nitrogens with zero attached hydrogens (tertiary/aromatic N) is 1. The third-order valence-electron chi connectivity index (χ3n) is 1.65. The Labute approximate surface area is 127 Å². The van der Waals surface area contributed by atoms with Crippen molar-refractivity contribution >= 4 is 35.8 Å². The second-order valence-electron chi connectivity index (χ2n) is 4.66. The Morgan fingerprint density at radius 1 is 1.33 bits per heavy atom. The number of rotatable bonds is 5. The van der Waals surface area contributed by atoms with Crippen molar-refractivity contribution in [2.45, 2.75) is 33.2 Å². The molecule has 0 aromatic carbocycles. The van der Waals surface area contributed by atoms with Gasteiger partial charge in [-0.2, -0.15) is 0 Å². The summed E-state index contributed by atoms with van der Waals surface area (Å²) < 4.78 is 0. The fourth-order valence-corrected chi connectivity index (χ4v) is 1.12. The minimum absolute atomic E-state index is 0. The lowest BCUT2D eigenvalue weighted by Gasteiger charge is -2.19. The number of hydrogen-bond donors (Lipinski definition) is 3. The van der Waals surface area contributed by atoms with Crippen LogP contribution in [0, 0.1) is 0 Å². The predicted octanol–water partition coefficient (Wildman–Crippen LogP) is 1.26. The standard InChI is InChI=1S/C12H24N4O.HI/c1-6-8-14-11(13-7-2)15-9-10(17)16-12(3,4)5;/h6H,1,7-9H2,2-5H3,(H,16,17)(H2,13,14,15);1H. The number of hydrogen-bond acceptors (Lipinski definition) is 2. The summed E-state index contributed by atoms with van der Waals surface area (Å²) in [4.78, 5) is 15.7. The maximum atomic E-state index is 11.5. The fraction of sp³-hybridized carbons (Fsp3) is 0.667. The van der Waals surface area contributed by atoms with Gasteiger partial charge < -0.3 is 16.0 Å². The summed E-state index contributed by atoms with van der Waals surface area (Å²) in [6.45, 7) is 12.9. The first-order valence-electron chi connectivity index (χ1n) is 5.83. The van der Waals surface area contributed by atoms with Gasteiger partial charge in [0.25, 0.3) is 0 Å². The van der Waals surface area contributed by atoms with Crippen LogP contribution in [-0.4, -0.2) is 37.0 Å². The van der Waals surface area contributed by atoms with Gasteiger partial charge in [-0.25, -0.2) is 4.99 Å². The van der Waals surface area contributed by atoms with Crippen LogP contribution >= 0.6 is 24.0 Å². The molecule has 0 aliphatic carbocycles. The molecule has 3 N–H and O–H groups in total. The highest BCUT2D eigenvalue weighted by Crippen LogP contribution is 1.97. The van der Waals surface area contributed by atoms with Gasteiger partial charge >= 0.3 is 0 Å². The van der Waals surface area contributed by atoms with Gasteiger partial charge in [-0.1, -0.05) is 6.08 Å². The quantitative estimate of drug-likeness (QED) is 0.296. The van der Waals surface area contributed by atoms with E-state index < -0.39 is 0 Å². The highest BCUT2D eigenvalue weighted by molar-refractivity contribution is 14.0. The third kappa shape index (κ3) is 11.7. The average molecular weight is 368 g/mol. The maximum Gasteiger partial charge on any atom is 0.242 e. The molecule has 0 saturated heterocycles. The maximum absolute atomic E-state index is 11.5. The van der Waals surface area contributed by atoms with Crippen molar-refractivity contribution in [1.29, 1.82) is 0 Å². The van der Waals surface area contributed by atoms with Crippen LogP contribution in [0.4, 0.5) is 0 Å². The van der Waals surface area contributed by atoms with Crippen molar-refractivity contribution in [2.24, 2.45) is 4.99 Å². The summed E-state index contributed by atoms with van der Waals surface area (Å²) in [5, 5.41) is 8.93. The molecule has 0 aromatic rings. The van der Waals surface area contributed by atoms with Crippen LogP contribution in [0.25, 0.3) is 0 Å². The van der Waals surface area contributed by atoms with E-state index in [4.69, 9.17) is 0 Å². The van der Waals surface area contributed by atoms with Crippen LogP contribution in [0.15, 0.2) is 17.6 Å². The normalized spacial score (nSPS) is 11.2. The molecule has 0 heterocycles. The molecule has 0 spiro atoms. The summed E-state index contributed by atoms with van der Waals surface area (Å²) in [5.41, 5.74) is -0.223. The number of aliphatic imine (C=N–C) groups is 1. The lowest BCUT2D eigenvalue weighted by atomic mass is 10.1. The Hall–Kier alpha value is -0.790. The van der Waals surface area contributed by atoms with Gasteiger partial charge in [0.15, 0.2) is 5.96 Å². The highest BCUT2D eigenvalue weighted by atomic mass is 127. The van der Waals surface area contributed by atoms with Gasteiger partial charge in [-0.3, -0.25) is 4.79 Å². The molecule has 106 valence electrons. The summed E-state index contributed by atoms with van der Waals surface area (Å²) in [5.74, 6) is 0.532. The zero-order valence-electron chi connectivity index (χ0n) is 11.7. The fourth-order valence-electron chi connectivity index (χ4n) is 1.12. The molecule has 0 atom stereocenters. The molecule has 0 fully saturated rings. The minimum atomic E-state index is -0.223. The summed E-state index contributed by atoms with van der Waals surface area (Å²) in [7, 11) is 0. The lowest BCUT2D eigenvalue weighted by Crippen LogP contribution is -2.43. The average Bonchev–Trinajstić information content (AvgIpc) is 2.19. The van der Waals surface area contributed by atoms with Gasteiger partial charge in [0.05, 0.1) is 0 Å². The molecule has 0 radical (unpaired) electrons. The number of nitrogens with one attached hydrogen (secondary N) is 3.